The number of pyridine rings is 2. The van der Waals surface area contributed by atoms with Crippen molar-refractivity contribution < 1.29 is 10.0 Å². The molecule has 13 heteroatoms. The number of aromatic nitrogens is 5. The Balaban J connectivity index is 0.00000204. The van der Waals surface area contributed by atoms with E-state index in [1.165, 1.54) is 4.57 Å². The van der Waals surface area contributed by atoms with Gasteiger partial charge in [0.25, 0.3) is 5.56 Å². The molecule has 0 aliphatic carbocycles. The van der Waals surface area contributed by atoms with Gasteiger partial charge < -0.3 is 10.3 Å². The molecule has 4 aromatic heterocycles. The number of rotatable bonds is 7. The van der Waals surface area contributed by atoms with Gasteiger partial charge in [0.15, 0.2) is 5.82 Å². The summed E-state index contributed by atoms with van der Waals surface area (Å²) in [7, 11) is 0. The Hall–Kier alpha value is -3.18. The monoisotopic (exact) mass is 541 g/mol. The van der Waals surface area contributed by atoms with Gasteiger partial charge in [-0.05, 0) is 32.0 Å². The number of aryl methyl sites for hydroxylation is 2. The zero-order valence-corrected chi connectivity index (χ0v) is 21.4. The van der Waals surface area contributed by atoms with Crippen molar-refractivity contribution >= 4 is 59.8 Å². The van der Waals surface area contributed by atoms with Gasteiger partial charge in [-0.2, -0.15) is 0 Å². The summed E-state index contributed by atoms with van der Waals surface area (Å²) < 4.78 is 1.48. The second kappa shape index (κ2) is 13.1. The fourth-order valence-electron chi connectivity index (χ4n) is 3.60. The fourth-order valence-corrected chi connectivity index (χ4v) is 3.60. The number of H-pyrrole nitrogens is 1. The number of halogens is 3. The Kier molecular flexibility index (Phi) is 11.1. The molecule has 188 valence electrons. The summed E-state index contributed by atoms with van der Waals surface area (Å²) in [5, 5.41) is 12.9. The van der Waals surface area contributed by atoms with Crippen molar-refractivity contribution in [2.45, 2.75) is 26.7 Å². The summed E-state index contributed by atoms with van der Waals surface area (Å²) in [5.74, 6) is 0.0424. The summed E-state index contributed by atoms with van der Waals surface area (Å²) in [4.78, 5) is 41.3. The molecule has 1 amide bonds. The van der Waals surface area contributed by atoms with E-state index in [0.29, 0.717) is 35.6 Å². The van der Waals surface area contributed by atoms with Gasteiger partial charge in [-0.1, -0.05) is 6.07 Å². The third-order valence-electron chi connectivity index (χ3n) is 5.13. The largest absolute Gasteiger partial charge is 0.365 e. The second-order valence-corrected chi connectivity index (χ2v) is 7.42. The van der Waals surface area contributed by atoms with Gasteiger partial charge in [-0.3, -0.25) is 29.3 Å². The normalized spacial score (nSPS) is 10.0. The highest BCUT2D eigenvalue weighted by Crippen LogP contribution is 2.26. The summed E-state index contributed by atoms with van der Waals surface area (Å²) in [5.41, 5.74) is 4.83. The molecule has 35 heavy (non-hydrogen) atoms. The maximum absolute atomic E-state index is 13.3. The van der Waals surface area contributed by atoms with Crippen molar-refractivity contribution in [3.8, 4) is 5.82 Å². The average Bonchev–Trinajstić information content (AvgIpc) is 3.13. The quantitative estimate of drug-likeness (QED) is 0.208. The molecule has 4 rings (SSSR count). The van der Waals surface area contributed by atoms with Gasteiger partial charge in [0.1, 0.15) is 5.82 Å². The van der Waals surface area contributed by atoms with Crippen LogP contribution in [-0.2, 0) is 17.6 Å². The zero-order valence-electron chi connectivity index (χ0n) is 18.9. The maximum Gasteiger partial charge on any atom is 0.299 e. The van der Waals surface area contributed by atoms with Crippen LogP contribution in [0, 0.1) is 13.8 Å². The smallest absolute Gasteiger partial charge is 0.299 e. The van der Waals surface area contributed by atoms with E-state index < -0.39 is 5.91 Å². The second-order valence-electron chi connectivity index (χ2n) is 7.42. The molecule has 10 nitrogen and oxygen atoms in total. The molecule has 0 unspecified atom stereocenters. The van der Waals surface area contributed by atoms with E-state index in [0.717, 1.165) is 16.8 Å². The van der Waals surface area contributed by atoms with Crippen molar-refractivity contribution in [3.63, 3.8) is 0 Å². The standard InChI is InChI=1S/C22H23N7O3.3ClH/c1-13-9-16-17(10-19(30)28-32)21(27-18(16)12-25-13)29-14(2)11-26-20(22(29)31)24-8-6-15-5-3-4-7-23-15;;;/h3-5,7,9,11-12,27,32H,6,8,10H2,1-2H3,(H,24,26)(H,28,30);3*1H. The highest BCUT2D eigenvalue weighted by molar-refractivity contribution is 5.91. The summed E-state index contributed by atoms with van der Waals surface area (Å²) in [6.45, 7) is 4.09. The number of nitrogens with one attached hydrogen (secondary N) is 3. The third kappa shape index (κ3) is 6.49. The van der Waals surface area contributed by atoms with Crippen LogP contribution < -0.4 is 16.4 Å². The van der Waals surface area contributed by atoms with Crippen LogP contribution in [0.3, 0.4) is 0 Å². The lowest BCUT2D eigenvalue weighted by Gasteiger charge is -2.13. The Bertz CT molecular complexity index is 1340. The number of aromatic amines is 1. The average molecular weight is 543 g/mol. The first-order valence-corrected chi connectivity index (χ1v) is 10.1. The summed E-state index contributed by atoms with van der Waals surface area (Å²) in [6.07, 6.45) is 5.49. The number of carbonyl (C=O) groups is 1. The molecule has 4 heterocycles. The number of amides is 1. The Morgan fingerprint density at radius 3 is 2.57 bits per heavy atom. The predicted octanol–water partition coefficient (Wildman–Crippen LogP) is 3.09. The molecule has 0 saturated heterocycles. The van der Waals surface area contributed by atoms with Gasteiger partial charge >= 0.3 is 0 Å². The fraction of sp³-hybridized carbons (Fsp3) is 0.227. The molecule has 0 saturated carbocycles. The maximum atomic E-state index is 13.3. The van der Waals surface area contributed by atoms with Crippen molar-refractivity contribution in [3.05, 3.63) is 75.9 Å². The van der Waals surface area contributed by atoms with E-state index >= 15 is 0 Å². The predicted molar refractivity (Wildman–Crippen MR) is 141 cm³/mol. The zero-order chi connectivity index (χ0) is 22.7. The number of hydroxylamine groups is 1. The minimum Gasteiger partial charge on any atom is -0.365 e. The molecule has 0 atom stereocenters. The van der Waals surface area contributed by atoms with Crippen molar-refractivity contribution in [1.29, 1.82) is 0 Å². The van der Waals surface area contributed by atoms with E-state index in [4.69, 9.17) is 5.21 Å². The molecule has 4 aromatic rings. The van der Waals surface area contributed by atoms with Crippen LogP contribution in [0.5, 0.6) is 0 Å². The SMILES string of the molecule is Cc1cc2c(CC(=O)NO)c(-n3c(C)cnc(NCCc4ccccn4)c3=O)[nH]c2cn1.Cl.Cl.Cl. The van der Waals surface area contributed by atoms with E-state index in [1.54, 1.807) is 31.0 Å². The highest BCUT2D eigenvalue weighted by Gasteiger charge is 2.20. The van der Waals surface area contributed by atoms with Gasteiger partial charge in [-0.15, -0.1) is 37.2 Å². The molecular weight excluding hydrogens is 517 g/mol. The lowest BCUT2D eigenvalue weighted by Crippen LogP contribution is -2.28. The van der Waals surface area contributed by atoms with Crippen LogP contribution in [0.15, 0.2) is 47.7 Å². The Morgan fingerprint density at radius 1 is 1.11 bits per heavy atom. The summed E-state index contributed by atoms with van der Waals surface area (Å²) >= 11 is 0. The number of hydrogen-bond acceptors (Lipinski definition) is 7. The number of hydrogen-bond donors (Lipinski definition) is 4. The Morgan fingerprint density at radius 2 is 1.89 bits per heavy atom. The lowest BCUT2D eigenvalue weighted by atomic mass is 10.1. The molecule has 0 aliphatic heterocycles. The van der Waals surface area contributed by atoms with Crippen LogP contribution >= 0.6 is 37.2 Å². The number of carbonyl (C=O) groups excluding carboxylic acids is 1. The van der Waals surface area contributed by atoms with Crippen molar-refractivity contribution in [2.75, 3.05) is 11.9 Å². The molecule has 0 fully saturated rings. The first kappa shape index (κ1) is 29.9. The lowest BCUT2D eigenvalue weighted by molar-refractivity contribution is -0.128. The van der Waals surface area contributed by atoms with Gasteiger partial charge in [0.05, 0.1) is 18.1 Å². The van der Waals surface area contributed by atoms with E-state index in [-0.39, 0.29) is 55.0 Å². The molecule has 0 radical (unpaired) electrons. The first-order valence-electron chi connectivity index (χ1n) is 10.1. The van der Waals surface area contributed by atoms with Gasteiger partial charge in [-0.25, -0.2) is 10.5 Å². The molecule has 0 spiro atoms. The van der Waals surface area contributed by atoms with Gasteiger partial charge in [0.2, 0.25) is 5.91 Å². The third-order valence-corrected chi connectivity index (χ3v) is 5.13. The van der Waals surface area contributed by atoms with Crippen LogP contribution in [0.4, 0.5) is 5.82 Å². The minimum absolute atomic E-state index is 0. The number of anilines is 1. The topological polar surface area (TPSA) is 138 Å². The number of fused-ring (bicyclic) bond motifs is 1. The highest BCUT2D eigenvalue weighted by atomic mass is 35.5. The van der Waals surface area contributed by atoms with E-state index in [1.807, 2.05) is 31.2 Å². The Labute approximate surface area is 219 Å². The van der Waals surface area contributed by atoms with E-state index in [9.17, 15) is 9.59 Å². The summed E-state index contributed by atoms with van der Waals surface area (Å²) in [6, 6.07) is 7.52. The van der Waals surface area contributed by atoms with Crippen molar-refractivity contribution in [2.24, 2.45) is 0 Å². The molecule has 0 aliphatic rings. The first-order chi connectivity index (χ1) is 15.5. The molecule has 4 N–H and O–H groups in total. The van der Waals surface area contributed by atoms with Crippen LogP contribution in [0.25, 0.3) is 16.7 Å². The molecular formula is C22H26Cl3N7O3. The van der Waals surface area contributed by atoms with Crippen LogP contribution in [-0.4, -0.2) is 42.2 Å². The minimum atomic E-state index is -0.588. The van der Waals surface area contributed by atoms with Gasteiger partial charge in [0, 0.05) is 53.4 Å². The van der Waals surface area contributed by atoms with Crippen LogP contribution in [0.2, 0.25) is 0 Å². The van der Waals surface area contributed by atoms with E-state index in [2.05, 4.69) is 25.3 Å². The van der Waals surface area contributed by atoms with Crippen molar-refractivity contribution in [1.82, 2.24) is 30.0 Å². The molecule has 0 bridgehead atoms. The molecule has 0 aromatic carbocycles. The van der Waals surface area contributed by atoms with Crippen LogP contribution in [0.1, 0.15) is 22.6 Å². The number of nitrogens with zero attached hydrogens (tertiary/aromatic N) is 4.